The van der Waals surface area contributed by atoms with E-state index < -0.39 is 5.60 Å². The molecule has 1 aliphatic heterocycles. The lowest BCUT2D eigenvalue weighted by Gasteiger charge is -2.34. The van der Waals surface area contributed by atoms with Crippen molar-refractivity contribution in [1.29, 1.82) is 0 Å². The van der Waals surface area contributed by atoms with Gasteiger partial charge in [0.2, 0.25) is 0 Å². The predicted octanol–water partition coefficient (Wildman–Crippen LogP) is 2.58. The number of carbonyl (C=O) groups excluding carboxylic acids is 2. The molecule has 0 aromatic carbocycles. The Morgan fingerprint density at radius 1 is 1.27 bits per heavy atom. The Bertz CT molecular complexity index is 592. The highest BCUT2D eigenvalue weighted by Gasteiger charge is 2.31. The SMILES string of the molecule is CC(C)(C)OC(=O)N1CCC(n2ncc3c2CCC3=O)CC1. The van der Waals surface area contributed by atoms with Gasteiger partial charge in [-0.25, -0.2) is 4.79 Å². The lowest BCUT2D eigenvalue weighted by Crippen LogP contribution is -2.42. The summed E-state index contributed by atoms with van der Waals surface area (Å²) >= 11 is 0. The fourth-order valence-electron chi connectivity index (χ4n) is 3.17. The summed E-state index contributed by atoms with van der Waals surface area (Å²) in [5.74, 6) is 0.201. The lowest BCUT2D eigenvalue weighted by atomic mass is 10.1. The quantitative estimate of drug-likeness (QED) is 0.800. The van der Waals surface area contributed by atoms with Crippen LogP contribution in [0.4, 0.5) is 4.79 Å². The number of hydrogen-bond acceptors (Lipinski definition) is 4. The molecule has 0 saturated carbocycles. The highest BCUT2D eigenvalue weighted by atomic mass is 16.6. The van der Waals surface area contributed by atoms with E-state index in [2.05, 4.69) is 5.10 Å². The van der Waals surface area contributed by atoms with Crippen LogP contribution in [0.1, 0.15) is 62.1 Å². The molecule has 0 atom stereocenters. The molecular weight excluding hydrogens is 282 g/mol. The second-order valence-corrected chi connectivity index (χ2v) is 7.07. The smallest absolute Gasteiger partial charge is 0.410 e. The summed E-state index contributed by atoms with van der Waals surface area (Å²) in [6.07, 6.45) is 4.55. The van der Waals surface area contributed by atoms with Crippen LogP contribution in [0.5, 0.6) is 0 Å². The van der Waals surface area contributed by atoms with E-state index in [1.54, 1.807) is 11.1 Å². The summed E-state index contributed by atoms with van der Waals surface area (Å²) in [6, 6.07) is 0.272. The van der Waals surface area contributed by atoms with Gasteiger partial charge in [-0.15, -0.1) is 0 Å². The molecule has 3 rings (SSSR count). The van der Waals surface area contributed by atoms with Crippen molar-refractivity contribution in [1.82, 2.24) is 14.7 Å². The van der Waals surface area contributed by atoms with E-state index in [1.165, 1.54) is 0 Å². The number of Topliss-reactive ketones (excluding diaryl/α,β-unsaturated/α-hetero) is 1. The Morgan fingerprint density at radius 2 is 1.95 bits per heavy atom. The number of nitrogens with zero attached hydrogens (tertiary/aromatic N) is 3. The second kappa shape index (κ2) is 5.41. The van der Waals surface area contributed by atoms with Crippen molar-refractivity contribution in [2.45, 2.75) is 58.1 Å². The zero-order valence-corrected chi connectivity index (χ0v) is 13.5. The van der Waals surface area contributed by atoms with Crippen molar-refractivity contribution in [2.75, 3.05) is 13.1 Å². The van der Waals surface area contributed by atoms with E-state index >= 15 is 0 Å². The number of aromatic nitrogens is 2. The number of carbonyl (C=O) groups is 2. The number of likely N-dealkylation sites (tertiary alicyclic amines) is 1. The molecule has 2 aliphatic rings. The Labute approximate surface area is 130 Å². The largest absolute Gasteiger partial charge is 0.444 e. The number of ether oxygens (including phenoxy) is 1. The number of ketones is 1. The van der Waals surface area contributed by atoms with Gasteiger partial charge in [0, 0.05) is 25.2 Å². The molecule has 1 aromatic rings. The first-order valence-electron chi connectivity index (χ1n) is 7.92. The van der Waals surface area contributed by atoms with Gasteiger partial charge in [0.05, 0.1) is 17.8 Å². The van der Waals surface area contributed by atoms with Gasteiger partial charge < -0.3 is 9.64 Å². The minimum atomic E-state index is -0.461. The topological polar surface area (TPSA) is 64.4 Å². The van der Waals surface area contributed by atoms with E-state index in [0.29, 0.717) is 19.5 Å². The van der Waals surface area contributed by atoms with Gasteiger partial charge in [0.25, 0.3) is 0 Å². The van der Waals surface area contributed by atoms with Gasteiger partial charge >= 0.3 is 6.09 Å². The molecule has 0 N–H and O–H groups in total. The fraction of sp³-hybridized carbons (Fsp3) is 0.688. The number of fused-ring (bicyclic) bond motifs is 1. The number of piperidine rings is 1. The molecular formula is C16H23N3O3. The monoisotopic (exact) mass is 305 g/mol. The van der Waals surface area contributed by atoms with Crippen LogP contribution in [0.2, 0.25) is 0 Å². The maximum Gasteiger partial charge on any atom is 0.410 e. The number of hydrogen-bond donors (Lipinski definition) is 0. The summed E-state index contributed by atoms with van der Waals surface area (Å²) in [6.45, 7) is 6.97. The van der Waals surface area contributed by atoms with Crippen LogP contribution in [0, 0.1) is 0 Å². The molecule has 120 valence electrons. The summed E-state index contributed by atoms with van der Waals surface area (Å²) in [4.78, 5) is 25.5. The Morgan fingerprint density at radius 3 is 2.59 bits per heavy atom. The molecule has 0 bridgehead atoms. The van der Waals surface area contributed by atoms with E-state index in [4.69, 9.17) is 4.74 Å². The molecule has 0 radical (unpaired) electrons. The maximum absolute atomic E-state index is 12.1. The fourth-order valence-corrected chi connectivity index (χ4v) is 3.17. The van der Waals surface area contributed by atoms with Crippen LogP contribution in [-0.2, 0) is 11.2 Å². The van der Waals surface area contributed by atoms with Gasteiger partial charge in [-0.1, -0.05) is 0 Å². The van der Waals surface area contributed by atoms with Crippen molar-refractivity contribution >= 4 is 11.9 Å². The minimum Gasteiger partial charge on any atom is -0.444 e. The highest BCUT2D eigenvalue weighted by molar-refractivity contribution is 5.99. The van der Waals surface area contributed by atoms with Crippen LogP contribution in [-0.4, -0.2) is 45.2 Å². The molecule has 0 spiro atoms. The lowest BCUT2D eigenvalue weighted by molar-refractivity contribution is 0.0184. The molecule has 1 aromatic heterocycles. The van der Waals surface area contributed by atoms with Crippen molar-refractivity contribution in [3.8, 4) is 0 Å². The third-order valence-electron chi connectivity index (χ3n) is 4.25. The predicted molar refractivity (Wildman–Crippen MR) is 81.0 cm³/mol. The summed E-state index contributed by atoms with van der Waals surface area (Å²) in [5.41, 5.74) is 1.40. The Hall–Kier alpha value is -1.85. The van der Waals surface area contributed by atoms with Crippen LogP contribution in [0.25, 0.3) is 0 Å². The zero-order chi connectivity index (χ0) is 15.9. The van der Waals surface area contributed by atoms with Gasteiger partial charge in [-0.2, -0.15) is 5.10 Å². The summed E-state index contributed by atoms with van der Waals surface area (Å²) in [7, 11) is 0. The van der Waals surface area contributed by atoms with Gasteiger partial charge in [-0.3, -0.25) is 9.48 Å². The number of amides is 1. The zero-order valence-electron chi connectivity index (χ0n) is 13.5. The van der Waals surface area contributed by atoms with E-state index in [9.17, 15) is 9.59 Å². The first kappa shape index (κ1) is 15.1. The van der Waals surface area contributed by atoms with Crippen molar-refractivity contribution in [3.05, 3.63) is 17.5 Å². The van der Waals surface area contributed by atoms with E-state index in [-0.39, 0.29) is 17.9 Å². The molecule has 1 fully saturated rings. The van der Waals surface area contributed by atoms with Crippen molar-refractivity contribution in [2.24, 2.45) is 0 Å². The summed E-state index contributed by atoms with van der Waals surface area (Å²) in [5, 5.41) is 4.40. The molecule has 6 nitrogen and oxygen atoms in total. The molecule has 1 amide bonds. The minimum absolute atomic E-state index is 0.201. The second-order valence-electron chi connectivity index (χ2n) is 7.07. The third kappa shape index (κ3) is 2.87. The number of rotatable bonds is 1. The van der Waals surface area contributed by atoms with Crippen LogP contribution in [0.15, 0.2) is 6.20 Å². The van der Waals surface area contributed by atoms with Crippen LogP contribution >= 0.6 is 0 Å². The maximum atomic E-state index is 12.1. The molecule has 22 heavy (non-hydrogen) atoms. The van der Waals surface area contributed by atoms with Crippen molar-refractivity contribution < 1.29 is 14.3 Å². The Balaban J connectivity index is 1.62. The Kier molecular flexibility index (Phi) is 3.70. The first-order chi connectivity index (χ1) is 10.3. The van der Waals surface area contributed by atoms with Crippen molar-refractivity contribution in [3.63, 3.8) is 0 Å². The normalized spacial score (nSPS) is 19.4. The molecule has 1 saturated heterocycles. The molecule has 2 heterocycles. The summed E-state index contributed by atoms with van der Waals surface area (Å²) < 4.78 is 7.42. The average Bonchev–Trinajstić information content (AvgIpc) is 3.01. The van der Waals surface area contributed by atoms with Gasteiger partial charge in [0.1, 0.15) is 5.60 Å². The van der Waals surface area contributed by atoms with Crippen LogP contribution < -0.4 is 0 Å². The third-order valence-corrected chi connectivity index (χ3v) is 4.25. The molecule has 6 heteroatoms. The van der Waals surface area contributed by atoms with E-state index in [1.807, 2.05) is 25.5 Å². The molecule has 1 aliphatic carbocycles. The van der Waals surface area contributed by atoms with Gasteiger partial charge in [0.15, 0.2) is 5.78 Å². The standard InChI is InChI=1S/C16H23N3O3/c1-16(2,3)22-15(21)18-8-6-11(7-9-18)19-13-4-5-14(20)12(13)10-17-19/h10-11H,4-9H2,1-3H3. The first-order valence-corrected chi connectivity index (χ1v) is 7.92. The molecule has 0 unspecified atom stereocenters. The average molecular weight is 305 g/mol. The van der Waals surface area contributed by atoms with Gasteiger partial charge in [-0.05, 0) is 40.0 Å². The highest BCUT2D eigenvalue weighted by Crippen LogP contribution is 2.29. The van der Waals surface area contributed by atoms with Crippen LogP contribution in [0.3, 0.4) is 0 Å². The van der Waals surface area contributed by atoms with E-state index in [0.717, 1.165) is 30.5 Å².